The molecule has 0 amide bonds. The number of carbonyl (C=O) groups excluding carboxylic acids is 1. The number of rotatable bonds is 8. The largest absolute Gasteiger partial charge is 0.416 e. The highest BCUT2D eigenvalue weighted by Gasteiger charge is 2.38. The monoisotopic (exact) mass is 468 g/mol. The number of Topliss-reactive ketones (excluding diaryl/α,β-unsaturated/α-hetero) is 1. The second-order valence-corrected chi connectivity index (χ2v) is 7.00. The Morgan fingerprint density at radius 1 is 0.938 bits per heavy atom. The van der Waals surface area contributed by atoms with Gasteiger partial charge in [-0.05, 0) is 55.3 Å². The molecule has 0 aromatic heterocycles. The first-order valence-corrected chi connectivity index (χ1v) is 9.18. The van der Waals surface area contributed by atoms with E-state index in [0.717, 1.165) is 26.0 Å². The zero-order valence-corrected chi connectivity index (χ0v) is 16.8. The number of hydrogen-bond acceptors (Lipinski definition) is 4. The molecule has 32 heavy (non-hydrogen) atoms. The van der Waals surface area contributed by atoms with E-state index in [1.165, 1.54) is 12.1 Å². The van der Waals surface area contributed by atoms with Crippen molar-refractivity contribution in [2.45, 2.75) is 44.7 Å². The molecule has 2 rings (SSSR count). The first kappa shape index (κ1) is 25.8. The normalized spacial score (nSPS) is 15.3. The zero-order valence-electron chi connectivity index (χ0n) is 16.8. The summed E-state index contributed by atoms with van der Waals surface area (Å²) in [6, 6.07) is 5.37. The molecule has 2 aromatic rings. The van der Waals surface area contributed by atoms with Gasteiger partial charge < -0.3 is 14.6 Å². The summed E-state index contributed by atoms with van der Waals surface area (Å²) < 4.78 is 102. The first-order chi connectivity index (χ1) is 14.7. The fraction of sp³-hybridized carbons (Fsp3) is 0.381. The molecule has 0 radical (unpaired) electrons. The van der Waals surface area contributed by atoms with E-state index in [0.29, 0.717) is 12.1 Å². The lowest BCUT2D eigenvalue weighted by Gasteiger charge is -2.27. The zero-order chi connectivity index (χ0) is 24.3. The van der Waals surface area contributed by atoms with Crippen LogP contribution in [-0.4, -0.2) is 23.8 Å². The maximum Gasteiger partial charge on any atom is 0.416 e. The minimum atomic E-state index is -5.05. The van der Waals surface area contributed by atoms with Crippen molar-refractivity contribution in [1.29, 1.82) is 0 Å². The Bertz CT molecular complexity index is 891. The first-order valence-electron chi connectivity index (χ1n) is 9.18. The van der Waals surface area contributed by atoms with Gasteiger partial charge in [0.05, 0.1) is 17.2 Å². The number of ether oxygens (including phenoxy) is 2. The topological polar surface area (TPSA) is 55.8 Å². The van der Waals surface area contributed by atoms with Crippen LogP contribution >= 0.6 is 0 Å². The molecule has 0 fully saturated rings. The van der Waals surface area contributed by atoms with Crippen LogP contribution in [0.1, 0.15) is 48.3 Å². The molecule has 3 atom stereocenters. The van der Waals surface area contributed by atoms with Gasteiger partial charge in [0.2, 0.25) is 0 Å². The fourth-order valence-corrected chi connectivity index (χ4v) is 2.71. The Morgan fingerprint density at radius 3 is 1.88 bits per heavy atom. The Balaban J connectivity index is 2.38. The molecule has 0 spiro atoms. The lowest BCUT2D eigenvalue weighted by molar-refractivity contribution is -0.216. The quantitative estimate of drug-likeness (QED) is 0.405. The minimum Gasteiger partial charge on any atom is -0.383 e. The Hall–Kier alpha value is -2.50. The number of hydrogen-bond donors (Lipinski definition) is 1. The smallest absolute Gasteiger partial charge is 0.383 e. The summed E-state index contributed by atoms with van der Waals surface area (Å²) >= 11 is 0. The number of alkyl halides is 6. The fourth-order valence-electron chi connectivity index (χ4n) is 2.71. The van der Waals surface area contributed by atoms with E-state index in [-0.39, 0.29) is 11.6 Å². The summed E-state index contributed by atoms with van der Waals surface area (Å²) in [6.07, 6.45) is -14.8. The number of halogens is 7. The van der Waals surface area contributed by atoms with Gasteiger partial charge in [-0.1, -0.05) is 12.1 Å². The van der Waals surface area contributed by atoms with Crippen LogP contribution in [0.15, 0.2) is 42.5 Å². The number of benzene rings is 2. The third kappa shape index (κ3) is 7.01. The molecule has 11 heteroatoms. The van der Waals surface area contributed by atoms with Crippen LogP contribution in [0.4, 0.5) is 30.7 Å². The molecule has 0 heterocycles. The standard InChI is InChI=1S/C21H19F7O4/c1-11(29)10-31-19(18(30)13-3-5-17(22)6-4-13)32-12(2)14-7-15(20(23,24)25)9-16(8-14)21(26,27)28/h3-9,12,18-19,30H,10H2,1-2H3/t12-,18?,19-/m1/s1. The van der Waals surface area contributed by atoms with Crippen LogP contribution < -0.4 is 0 Å². The van der Waals surface area contributed by atoms with Crippen LogP contribution in [0.5, 0.6) is 0 Å². The van der Waals surface area contributed by atoms with E-state index in [1.807, 2.05) is 0 Å². The van der Waals surface area contributed by atoms with Gasteiger partial charge in [0.15, 0.2) is 12.1 Å². The van der Waals surface area contributed by atoms with E-state index in [2.05, 4.69) is 0 Å². The predicted molar refractivity (Wildman–Crippen MR) is 97.7 cm³/mol. The van der Waals surface area contributed by atoms with Crippen molar-refractivity contribution in [2.75, 3.05) is 6.61 Å². The second-order valence-electron chi connectivity index (χ2n) is 7.00. The van der Waals surface area contributed by atoms with Gasteiger partial charge in [-0.2, -0.15) is 26.3 Å². The minimum absolute atomic E-state index is 0.0205. The van der Waals surface area contributed by atoms with E-state index in [4.69, 9.17) is 9.47 Å². The predicted octanol–water partition coefficient (Wildman–Crippen LogP) is 5.61. The summed E-state index contributed by atoms with van der Waals surface area (Å²) in [7, 11) is 0. The van der Waals surface area contributed by atoms with Gasteiger partial charge in [0, 0.05) is 0 Å². The van der Waals surface area contributed by atoms with Gasteiger partial charge in [-0.3, -0.25) is 4.79 Å². The van der Waals surface area contributed by atoms with Gasteiger partial charge >= 0.3 is 12.4 Å². The van der Waals surface area contributed by atoms with Gasteiger partial charge in [-0.15, -0.1) is 0 Å². The van der Waals surface area contributed by atoms with Crippen molar-refractivity contribution in [3.63, 3.8) is 0 Å². The number of aliphatic hydroxyl groups excluding tert-OH is 1. The van der Waals surface area contributed by atoms with Crippen LogP contribution in [0.3, 0.4) is 0 Å². The highest BCUT2D eigenvalue weighted by Crippen LogP contribution is 2.38. The molecule has 1 unspecified atom stereocenters. The van der Waals surface area contributed by atoms with Crippen molar-refractivity contribution >= 4 is 5.78 Å². The third-order valence-corrected chi connectivity index (χ3v) is 4.34. The van der Waals surface area contributed by atoms with Crippen LogP contribution in [-0.2, 0) is 26.6 Å². The molecule has 0 saturated heterocycles. The van der Waals surface area contributed by atoms with Crippen LogP contribution in [0.25, 0.3) is 0 Å². The molecular weight excluding hydrogens is 449 g/mol. The summed E-state index contributed by atoms with van der Waals surface area (Å²) in [5.41, 5.74) is -3.45. The van der Waals surface area contributed by atoms with E-state index in [9.17, 15) is 40.6 Å². The van der Waals surface area contributed by atoms with E-state index in [1.54, 1.807) is 0 Å². The van der Waals surface area contributed by atoms with Crippen molar-refractivity contribution < 1.29 is 50.1 Å². The van der Waals surface area contributed by atoms with E-state index < -0.39 is 65.7 Å². The Labute approximate surface area is 178 Å². The van der Waals surface area contributed by atoms with Crippen molar-refractivity contribution in [2.24, 2.45) is 0 Å². The number of carbonyl (C=O) groups is 1. The molecule has 0 aliphatic carbocycles. The summed E-state index contributed by atoms with van der Waals surface area (Å²) in [5, 5.41) is 10.5. The van der Waals surface area contributed by atoms with E-state index >= 15 is 0 Å². The molecule has 4 nitrogen and oxygen atoms in total. The van der Waals surface area contributed by atoms with Gasteiger partial charge in [0.1, 0.15) is 18.5 Å². The third-order valence-electron chi connectivity index (χ3n) is 4.34. The van der Waals surface area contributed by atoms with Gasteiger partial charge in [-0.25, -0.2) is 4.39 Å². The van der Waals surface area contributed by atoms with Crippen molar-refractivity contribution in [3.8, 4) is 0 Å². The van der Waals surface area contributed by atoms with Crippen molar-refractivity contribution in [3.05, 3.63) is 70.5 Å². The number of ketones is 1. The second kappa shape index (κ2) is 9.97. The molecule has 176 valence electrons. The maximum atomic E-state index is 13.1. The average Bonchev–Trinajstić information content (AvgIpc) is 2.69. The molecule has 0 aliphatic heterocycles. The molecule has 1 N–H and O–H groups in total. The lowest BCUT2D eigenvalue weighted by atomic mass is 10.0. The Kier molecular flexibility index (Phi) is 8.02. The lowest BCUT2D eigenvalue weighted by Crippen LogP contribution is -2.29. The average molecular weight is 468 g/mol. The van der Waals surface area contributed by atoms with Crippen molar-refractivity contribution in [1.82, 2.24) is 0 Å². The Morgan fingerprint density at radius 2 is 1.44 bits per heavy atom. The maximum absolute atomic E-state index is 13.1. The summed E-state index contributed by atoms with van der Waals surface area (Å²) in [4.78, 5) is 11.3. The molecule has 0 aliphatic rings. The summed E-state index contributed by atoms with van der Waals surface area (Å²) in [5.74, 6) is -1.09. The molecule has 0 saturated carbocycles. The van der Waals surface area contributed by atoms with Crippen LogP contribution in [0, 0.1) is 5.82 Å². The molecule has 2 aromatic carbocycles. The highest BCUT2D eigenvalue weighted by atomic mass is 19.4. The molecule has 0 bridgehead atoms. The number of aliphatic hydroxyl groups is 1. The van der Waals surface area contributed by atoms with Crippen LogP contribution in [0.2, 0.25) is 0 Å². The SMILES string of the molecule is CC(=O)CO[C@H](O[C@H](C)c1cc(C(F)(F)F)cc(C(F)(F)F)c1)C(O)c1ccc(F)cc1. The highest BCUT2D eigenvalue weighted by molar-refractivity contribution is 5.76. The van der Waals surface area contributed by atoms with Gasteiger partial charge in [0.25, 0.3) is 0 Å². The molecular formula is C21H19F7O4. The summed E-state index contributed by atoms with van der Waals surface area (Å²) in [6.45, 7) is 1.77.